The van der Waals surface area contributed by atoms with Gasteiger partial charge in [-0.25, -0.2) is 4.39 Å². The SMILES string of the molecule is N/C(=N/O)c1cccc(CNCC(=O)NC2CC2)c1F. The topological polar surface area (TPSA) is 99.7 Å². The molecule has 108 valence electrons. The van der Waals surface area contributed by atoms with E-state index < -0.39 is 5.82 Å². The first-order valence-electron chi connectivity index (χ1n) is 6.37. The molecule has 2 rings (SSSR count). The van der Waals surface area contributed by atoms with E-state index >= 15 is 0 Å². The highest BCUT2D eigenvalue weighted by atomic mass is 19.1. The molecule has 0 spiro atoms. The van der Waals surface area contributed by atoms with Crippen LogP contribution in [0.3, 0.4) is 0 Å². The van der Waals surface area contributed by atoms with Crippen LogP contribution in [0.2, 0.25) is 0 Å². The van der Waals surface area contributed by atoms with E-state index in [1.54, 1.807) is 12.1 Å². The molecule has 0 atom stereocenters. The summed E-state index contributed by atoms with van der Waals surface area (Å²) in [6.07, 6.45) is 2.06. The summed E-state index contributed by atoms with van der Waals surface area (Å²) in [5, 5.41) is 17.0. The highest BCUT2D eigenvalue weighted by molar-refractivity contribution is 5.97. The van der Waals surface area contributed by atoms with Gasteiger partial charge in [-0.05, 0) is 18.9 Å². The number of amides is 1. The van der Waals surface area contributed by atoms with Gasteiger partial charge in [0, 0.05) is 18.2 Å². The summed E-state index contributed by atoms with van der Waals surface area (Å²) in [5.74, 6) is -0.936. The maximum atomic E-state index is 14.0. The minimum Gasteiger partial charge on any atom is -0.409 e. The number of hydrogen-bond acceptors (Lipinski definition) is 4. The predicted molar refractivity (Wildman–Crippen MR) is 71.8 cm³/mol. The molecule has 20 heavy (non-hydrogen) atoms. The van der Waals surface area contributed by atoms with Crippen LogP contribution < -0.4 is 16.4 Å². The van der Waals surface area contributed by atoms with Crippen molar-refractivity contribution >= 4 is 11.7 Å². The third-order valence-electron chi connectivity index (χ3n) is 3.01. The first-order chi connectivity index (χ1) is 9.61. The molecule has 1 amide bonds. The Bertz CT molecular complexity index is 529. The van der Waals surface area contributed by atoms with Crippen LogP contribution in [0.15, 0.2) is 23.4 Å². The Kier molecular flexibility index (Phi) is 4.52. The summed E-state index contributed by atoms with van der Waals surface area (Å²) < 4.78 is 14.0. The number of nitrogens with two attached hydrogens (primary N) is 1. The Morgan fingerprint density at radius 1 is 1.50 bits per heavy atom. The highest BCUT2D eigenvalue weighted by Gasteiger charge is 2.22. The van der Waals surface area contributed by atoms with Gasteiger partial charge in [0.05, 0.1) is 12.1 Å². The van der Waals surface area contributed by atoms with Crippen LogP contribution in [0, 0.1) is 5.82 Å². The molecular formula is C13H17FN4O2. The van der Waals surface area contributed by atoms with Gasteiger partial charge in [-0.1, -0.05) is 17.3 Å². The fourth-order valence-electron chi connectivity index (χ4n) is 1.79. The average Bonchev–Trinajstić information content (AvgIpc) is 3.23. The number of benzene rings is 1. The van der Waals surface area contributed by atoms with Crippen molar-refractivity contribution in [2.24, 2.45) is 10.9 Å². The summed E-state index contributed by atoms with van der Waals surface area (Å²) in [4.78, 5) is 11.5. The number of carbonyl (C=O) groups is 1. The highest BCUT2D eigenvalue weighted by Crippen LogP contribution is 2.18. The molecule has 1 aliphatic carbocycles. The second-order valence-corrected chi connectivity index (χ2v) is 4.71. The molecular weight excluding hydrogens is 263 g/mol. The molecule has 0 saturated heterocycles. The van der Waals surface area contributed by atoms with Gasteiger partial charge in [-0.3, -0.25) is 4.79 Å². The fraction of sp³-hybridized carbons (Fsp3) is 0.385. The van der Waals surface area contributed by atoms with Crippen LogP contribution in [0.1, 0.15) is 24.0 Å². The predicted octanol–water partition coefficient (Wildman–Crippen LogP) is 0.288. The molecule has 0 heterocycles. The van der Waals surface area contributed by atoms with Crippen LogP contribution in [-0.2, 0) is 11.3 Å². The molecule has 7 heteroatoms. The number of amidine groups is 1. The van der Waals surface area contributed by atoms with Crippen molar-refractivity contribution in [1.29, 1.82) is 0 Å². The Morgan fingerprint density at radius 3 is 2.90 bits per heavy atom. The van der Waals surface area contributed by atoms with E-state index in [1.807, 2.05) is 0 Å². The van der Waals surface area contributed by atoms with Crippen molar-refractivity contribution in [3.8, 4) is 0 Å². The van der Waals surface area contributed by atoms with Crippen molar-refractivity contribution in [3.05, 3.63) is 35.1 Å². The number of halogens is 1. The maximum absolute atomic E-state index is 14.0. The molecule has 0 unspecified atom stereocenters. The van der Waals surface area contributed by atoms with E-state index in [4.69, 9.17) is 10.9 Å². The lowest BCUT2D eigenvalue weighted by atomic mass is 10.1. The zero-order chi connectivity index (χ0) is 14.5. The van der Waals surface area contributed by atoms with Gasteiger partial charge in [-0.15, -0.1) is 0 Å². The van der Waals surface area contributed by atoms with Crippen LogP contribution >= 0.6 is 0 Å². The quantitative estimate of drug-likeness (QED) is 0.260. The van der Waals surface area contributed by atoms with Gasteiger partial charge in [0.15, 0.2) is 5.84 Å². The largest absolute Gasteiger partial charge is 0.409 e. The number of nitrogens with one attached hydrogen (secondary N) is 2. The van der Waals surface area contributed by atoms with Crippen molar-refractivity contribution < 1.29 is 14.4 Å². The molecule has 5 N–H and O–H groups in total. The second-order valence-electron chi connectivity index (χ2n) is 4.71. The Balaban J connectivity index is 1.90. The molecule has 1 aromatic rings. The third-order valence-corrected chi connectivity index (χ3v) is 3.01. The first kappa shape index (κ1) is 14.3. The molecule has 0 radical (unpaired) electrons. The summed E-state index contributed by atoms with van der Waals surface area (Å²) in [7, 11) is 0. The molecule has 0 bridgehead atoms. The fourth-order valence-corrected chi connectivity index (χ4v) is 1.79. The van der Waals surface area contributed by atoms with E-state index in [0.29, 0.717) is 11.6 Å². The number of oxime groups is 1. The van der Waals surface area contributed by atoms with Crippen molar-refractivity contribution in [2.75, 3.05) is 6.54 Å². The summed E-state index contributed by atoms with van der Waals surface area (Å²) >= 11 is 0. The standard InChI is InChI=1S/C13H17FN4O2/c14-12-8(2-1-3-10(12)13(15)18-20)6-16-7-11(19)17-9-4-5-9/h1-3,9,16,20H,4-7H2,(H2,15,18)(H,17,19). The number of rotatable bonds is 6. The van der Waals surface area contributed by atoms with E-state index in [9.17, 15) is 9.18 Å². The molecule has 6 nitrogen and oxygen atoms in total. The zero-order valence-electron chi connectivity index (χ0n) is 10.9. The number of hydrogen-bond donors (Lipinski definition) is 4. The monoisotopic (exact) mass is 280 g/mol. The minimum atomic E-state index is -0.557. The van der Waals surface area contributed by atoms with E-state index in [0.717, 1.165) is 12.8 Å². The van der Waals surface area contributed by atoms with Gasteiger partial charge < -0.3 is 21.6 Å². The van der Waals surface area contributed by atoms with Crippen LogP contribution in [0.4, 0.5) is 4.39 Å². The molecule has 1 aliphatic rings. The second kappa shape index (κ2) is 6.33. The van der Waals surface area contributed by atoms with Crippen molar-refractivity contribution in [2.45, 2.75) is 25.4 Å². The maximum Gasteiger partial charge on any atom is 0.234 e. The van der Waals surface area contributed by atoms with Crippen molar-refractivity contribution in [3.63, 3.8) is 0 Å². The zero-order valence-corrected chi connectivity index (χ0v) is 10.9. The van der Waals surface area contributed by atoms with Crippen LogP contribution in [-0.4, -0.2) is 29.5 Å². The van der Waals surface area contributed by atoms with Gasteiger partial charge in [-0.2, -0.15) is 0 Å². The molecule has 1 aromatic carbocycles. The van der Waals surface area contributed by atoms with Crippen molar-refractivity contribution in [1.82, 2.24) is 10.6 Å². The van der Waals surface area contributed by atoms with Crippen LogP contribution in [0.25, 0.3) is 0 Å². The average molecular weight is 280 g/mol. The molecule has 1 fully saturated rings. The molecule has 1 saturated carbocycles. The lowest BCUT2D eigenvalue weighted by Crippen LogP contribution is -2.35. The van der Waals surface area contributed by atoms with E-state index in [2.05, 4.69) is 15.8 Å². The minimum absolute atomic E-state index is 0.0363. The van der Waals surface area contributed by atoms with Crippen LogP contribution in [0.5, 0.6) is 0 Å². The Hall–Kier alpha value is -2.15. The summed E-state index contributed by atoms with van der Waals surface area (Å²) in [5.41, 5.74) is 5.77. The molecule has 0 aromatic heterocycles. The normalized spacial score (nSPS) is 15.2. The molecule has 0 aliphatic heterocycles. The van der Waals surface area contributed by atoms with E-state index in [-0.39, 0.29) is 30.4 Å². The van der Waals surface area contributed by atoms with Gasteiger partial charge in [0.2, 0.25) is 5.91 Å². The number of carbonyl (C=O) groups excluding carboxylic acids is 1. The number of nitrogens with zero attached hydrogens (tertiary/aromatic N) is 1. The van der Waals surface area contributed by atoms with Gasteiger partial charge in [0.25, 0.3) is 0 Å². The van der Waals surface area contributed by atoms with Gasteiger partial charge >= 0.3 is 0 Å². The van der Waals surface area contributed by atoms with Gasteiger partial charge in [0.1, 0.15) is 5.82 Å². The lowest BCUT2D eigenvalue weighted by Gasteiger charge is -2.09. The Morgan fingerprint density at radius 2 is 2.25 bits per heavy atom. The summed E-state index contributed by atoms with van der Waals surface area (Å²) in [6, 6.07) is 4.92. The third kappa shape index (κ3) is 3.67. The summed E-state index contributed by atoms with van der Waals surface area (Å²) in [6.45, 7) is 0.320. The first-order valence-corrected chi connectivity index (χ1v) is 6.37. The Labute approximate surface area is 115 Å². The smallest absolute Gasteiger partial charge is 0.234 e. The lowest BCUT2D eigenvalue weighted by molar-refractivity contribution is -0.120. The van der Waals surface area contributed by atoms with E-state index in [1.165, 1.54) is 6.07 Å².